The fourth-order valence-corrected chi connectivity index (χ4v) is 1.37. The fraction of sp³-hybridized carbons (Fsp3) is 0.200. The van der Waals surface area contributed by atoms with Crippen molar-refractivity contribution in [2.24, 2.45) is 0 Å². The molecular weight excluding hydrogens is 269 g/mol. The Morgan fingerprint density at radius 1 is 1.29 bits per heavy atom. The molecule has 7 heteroatoms. The van der Waals surface area contributed by atoms with Crippen molar-refractivity contribution in [3.8, 4) is 0 Å². The number of aliphatic carboxylic acids is 1. The van der Waals surface area contributed by atoms with Crippen molar-refractivity contribution < 1.29 is 19.4 Å². The lowest BCUT2D eigenvalue weighted by Crippen LogP contribution is -2.20. The topological polar surface area (TPSA) is 75.6 Å². The van der Waals surface area contributed by atoms with Crippen LogP contribution in [0.3, 0.4) is 0 Å². The van der Waals surface area contributed by atoms with Gasteiger partial charge in [0.2, 0.25) is 5.91 Å². The van der Waals surface area contributed by atoms with Gasteiger partial charge in [0.1, 0.15) is 13.2 Å². The summed E-state index contributed by atoms with van der Waals surface area (Å²) in [5.41, 5.74) is 0.350. The molecule has 0 aliphatic heterocycles. The standard InChI is InChI=1S/C10H9Cl2NO4/c11-6-2-1-3-7(10(6)12)13-8(14)4-17-5-9(15)16/h1-3H,4-5H2,(H,13,14)(H,15,16). The van der Waals surface area contributed by atoms with Crippen LogP contribution in [-0.2, 0) is 14.3 Å². The van der Waals surface area contributed by atoms with E-state index in [0.29, 0.717) is 10.7 Å². The van der Waals surface area contributed by atoms with Gasteiger partial charge in [-0.3, -0.25) is 4.79 Å². The molecular formula is C10H9Cl2NO4. The summed E-state index contributed by atoms with van der Waals surface area (Å²) >= 11 is 11.6. The first kappa shape index (κ1) is 13.8. The first-order valence-corrected chi connectivity index (χ1v) is 5.29. The van der Waals surface area contributed by atoms with Crippen molar-refractivity contribution in [3.63, 3.8) is 0 Å². The summed E-state index contributed by atoms with van der Waals surface area (Å²) in [6, 6.07) is 4.78. The summed E-state index contributed by atoms with van der Waals surface area (Å²) in [4.78, 5) is 21.5. The number of carboxylic acids is 1. The molecule has 92 valence electrons. The van der Waals surface area contributed by atoms with Gasteiger partial charge in [0.25, 0.3) is 0 Å². The number of carbonyl (C=O) groups excluding carboxylic acids is 1. The van der Waals surface area contributed by atoms with E-state index >= 15 is 0 Å². The van der Waals surface area contributed by atoms with E-state index in [9.17, 15) is 9.59 Å². The Morgan fingerprint density at radius 2 is 2.00 bits per heavy atom. The summed E-state index contributed by atoms with van der Waals surface area (Å²) in [5.74, 6) is -1.64. The van der Waals surface area contributed by atoms with Crippen molar-refractivity contribution in [1.82, 2.24) is 0 Å². The van der Waals surface area contributed by atoms with Crippen LogP contribution in [0.4, 0.5) is 5.69 Å². The maximum atomic E-state index is 11.3. The van der Waals surface area contributed by atoms with Crippen LogP contribution in [0.15, 0.2) is 18.2 Å². The molecule has 0 bridgehead atoms. The molecule has 0 aromatic heterocycles. The molecule has 0 atom stereocenters. The second kappa shape index (κ2) is 6.44. The van der Waals surface area contributed by atoms with E-state index in [1.807, 2.05) is 0 Å². The smallest absolute Gasteiger partial charge is 0.329 e. The van der Waals surface area contributed by atoms with Crippen LogP contribution in [0, 0.1) is 0 Å². The Bertz CT molecular complexity index is 436. The highest BCUT2D eigenvalue weighted by molar-refractivity contribution is 6.43. The number of benzene rings is 1. The Morgan fingerprint density at radius 3 is 2.65 bits per heavy atom. The first-order chi connectivity index (χ1) is 8.00. The molecule has 0 radical (unpaired) electrons. The quantitative estimate of drug-likeness (QED) is 0.864. The highest BCUT2D eigenvalue weighted by Crippen LogP contribution is 2.29. The number of amides is 1. The highest BCUT2D eigenvalue weighted by atomic mass is 35.5. The van der Waals surface area contributed by atoms with Gasteiger partial charge in [0, 0.05) is 0 Å². The van der Waals surface area contributed by atoms with Crippen molar-refractivity contribution >= 4 is 40.8 Å². The normalized spacial score (nSPS) is 10.0. The first-order valence-electron chi connectivity index (χ1n) is 4.54. The van der Waals surface area contributed by atoms with E-state index in [2.05, 4.69) is 10.1 Å². The number of ether oxygens (including phenoxy) is 1. The second-order valence-corrected chi connectivity index (χ2v) is 3.82. The summed E-state index contributed by atoms with van der Waals surface area (Å²) in [6.07, 6.45) is 0. The van der Waals surface area contributed by atoms with Crippen molar-refractivity contribution in [1.29, 1.82) is 0 Å². The van der Waals surface area contributed by atoms with Gasteiger partial charge in [0.15, 0.2) is 0 Å². The Labute approximate surface area is 107 Å². The largest absolute Gasteiger partial charge is 0.480 e. The molecule has 17 heavy (non-hydrogen) atoms. The number of rotatable bonds is 5. The molecule has 0 saturated heterocycles. The molecule has 1 amide bonds. The van der Waals surface area contributed by atoms with E-state index in [0.717, 1.165) is 0 Å². The van der Waals surface area contributed by atoms with Crippen LogP contribution < -0.4 is 5.32 Å². The number of hydrogen-bond donors (Lipinski definition) is 2. The average molecular weight is 278 g/mol. The van der Waals surface area contributed by atoms with Crippen LogP contribution in [0.25, 0.3) is 0 Å². The molecule has 0 heterocycles. The summed E-state index contributed by atoms with van der Waals surface area (Å²) in [5, 5.41) is 11.3. The molecule has 0 aliphatic carbocycles. The SMILES string of the molecule is O=C(O)COCC(=O)Nc1cccc(Cl)c1Cl. The number of nitrogens with one attached hydrogen (secondary N) is 1. The lowest BCUT2D eigenvalue weighted by atomic mass is 10.3. The molecule has 1 aromatic carbocycles. The monoisotopic (exact) mass is 277 g/mol. The maximum Gasteiger partial charge on any atom is 0.329 e. The molecule has 5 nitrogen and oxygen atoms in total. The minimum atomic E-state index is -1.14. The predicted octanol–water partition coefficient (Wildman–Crippen LogP) is 2.03. The van der Waals surface area contributed by atoms with E-state index in [-0.39, 0.29) is 11.6 Å². The van der Waals surface area contributed by atoms with Gasteiger partial charge in [-0.05, 0) is 12.1 Å². The Hall–Kier alpha value is -1.30. The van der Waals surface area contributed by atoms with E-state index < -0.39 is 18.5 Å². The zero-order valence-electron chi connectivity index (χ0n) is 8.57. The van der Waals surface area contributed by atoms with Gasteiger partial charge < -0.3 is 15.2 Å². The molecule has 0 aliphatic rings. The molecule has 0 fully saturated rings. The Balaban J connectivity index is 2.51. The fourth-order valence-electron chi connectivity index (χ4n) is 1.02. The van der Waals surface area contributed by atoms with Crippen LogP contribution in [-0.4, -0.2) is 30.2 Å². The molecule has 0 spiro atoms. The molecule has 2 N–H and O–H groups in total. The maximum absolute atomic E-state index is 11.3. The third-order valence-electron chi connectivity index (χ3n) is 1.68. The summed E-state index contributed by atoms with van der Waals surface area (Å²) in [7, 11) is 0. The van der Waals surface area contributed by atoms with Gasteiger partial charge in [-0.1, -0.05) is 29.3 Å². The van der Waals surface area contributed by atoms with Gasteiger partial charge in [-0.15, -0.1) is 0 Å². The zero-order valence-corrected chi connectivity index (χ0v) is 10.1. The second-order valence-electron chi connectivity index (χ2n) is 3.04. The Kier molecular flexibility index (Phi) is 5.21. The van der Waals surface area contributed by atoms with Crippen LogP contribution >= 0.6 is 23.2 Å². The minimum Gasteiger partial charge on any atom is -0.480 e. The van der Waals surface area contributed by atoms with Crippen molar-refractivity contribution in [2.75, 3.05) is 18.5 Å². The number of carboxylic acid groups (broad SMARTS) is 1. The highest BCUT2D eigenvalue weighted by Gasteiger charge is 2.08. The van der Waals surface area contributed by atoms with Crippen molar-refractivity contribution in [2.45, 2.75) is 0 Å². The molecule has 1 rings (SSSR count). The van der Waals surface area contributed by atoms with Gasteiger partial charge in [-0.2, -0.15) is 0 Å². The number of anilines is 1. The number of hydrogen-bond acceptors (Lipinski definition) is 3. The van der Waals surface area contributed by atoms with Crippen LogP contribution in [0.1, 0.15) is 0 Å². The van der Waals surface area contributed by atoms with Gasteiger partial charge >= 0.3 is 5.97 Å². The predicted molar refractivity (Wildman–Crippen MR) is 63.5 cm³/mol. The third kappa shape index (κ3) is 4.60. The minimum absolute atomic E-state index is 0.223. The third-order valence-corrected chi connectivity index (χ3v) is 2.50. The van der Waals surface area contributed by atoms with Crippen LogP contribution in [0.5, 0.6) is 0 Å². The van der Waals surface area contributed by atoms with Gasteiger partial charge in [-0.25, -0.2) is 4.79 Å². The van der Waals surface area contributed by atoms with Crippen molar-refractivity contribution in [3.05, 3.63) is 28.2 Å². The van der Waals surface area contributed by atoms with E-state index in [4.69, 9.17) is 28.3 Å². The molecule has 1 aromatic rings. The lowest BCUT2D eigenvalue weighted by Gasteiger charge is -2.07. The summed E-state index contributed by atoms with van der Waals surface area (Å²) in [6.45, 7) is -0.897. The molecule has 0 saturated carbocycles. The van der Waals surface area contributed by atoms with Crippen LogP contribution in [0.2, 0.25) is 10.0 Å². The number of halogens is 2. The summed E-state index contributed by atoms with van der Waals surface area (Å²) < 4.78 is 4.61. The lowest BCUT2D eigenvalue weighted by molar-refractivity contribution is -0.143. The zero-order chi connectivity index (χ0) is 12.8. The average Bonchev–Trinajstić information content (AvgIpc) is 2.24. The van der Waals surface area contributed by atoms with Gasteiger partial charge in [0.05, 0.1) is 15.7 Å². The number of carbonyl (C=O) groups is 2. The van der Waals surface area contributed by atoms with E-state index in [1.165, 1.54) is 0 Å². The van der Waals surface area contributed by atoms with E-state index in [1.54, 1.807) is 18.2 Å². The molecule has 0 unspecified atom stereocenters.